The first-order valence-electron chi connectivity index (χ1n) is 12.3. The van der Waals surface area contributed by atoms with E-state index in [-0.39, 0.29) is 12.2 Å². The lowest BCUT2D eigenvalue weighted by Gasteiger charge is -2.12. The minimum Gasteiger partial charge on any atom is -0.325 e. The van der Waals surface area contributed by atoms with Crippen molar-refractivity contribution in [3.8, 4) is 5.69 Å². The molecule has 0 spiro atoms. The van der Waals surface area contributed by atoms with Gasteiger partial charge in [-0.25, -0.2) is 9.69 Å². The lowest BCUT2D eigenvalue weighted by molar-refractivity contribution is -0.127. The highest BCUT2D eigenvalue weighted by Crippen LogP contribution is 2.24. The van der Waals surface area contributed by atoms with E-state index in [4.69, 9.17) is 0 Å². The van der Waals surface area contributed by atoms with Crippen molar-refractivity contribution >= 4 is 29.6 Å². The normalized spacial score (nSPS) is 14.4. The van der Waals surface area contributed by atoms with Crippen LogP contribution in [0.5, 0.6) is 0 Å². The molecule has 1 fully saturated rings. The fourth-order valence-electron chi connectivity index (χ4n) is 4.46. The maximum Gasteiger partial charge on any atom is 0.329 e. The number of imide groups is 1. The van der Waals surface area contributed by atoms with Crippen molar-refractivity contribution in [2.24, 2.45) is 0 Å². The summed E-state index contributed by atoms with van der Waals surface area (Å²) in [5.74, 6) is -0.963. The Hall–Kier alpha value is -4.13. The molecule has 1 aliphatic heterocycles. The first-order chi connectivity index (χ1) is 17.3. The van der Waals surface area contributed by atoms with Gasteiger partial charge in [0.05, 0.1) is 0 Å². The fourth-order valence-corrected chi connectivity index (χ4v) is 4.46. The number of amides is 4. The van der Waals surface area contributed by atoms with Gasteiger partial charge in [0.1, 0.15) is 12.2 Å². The maximum atomic E-state index is 12.9. The predicted octanol–water partition coefficient (Wildman–Crippen LogP) is 5.28. The second kappa shape index (κ2) is 10.6. The summed E-state index contributed by atoms with van der Waals surface area (Å²) in [5, 5.41) is 5.35. The summed E-state index contributed by atoms with van der Waals surface area (Å²) in [6.07, 6.45) is 5.08. The lowest BCUT2D eigenvalue weighted by Crippen LogP contribution is -2.38. The van der Waals surface area contributed by atoms with E-state index in [2.05, 4.69) is 46.4 Å². The van der Waals surface area contributed by atoms with Crippen LogP contribution in [0.3, 0.4) is 0 Å². The van der Waals surface area contributed by atoms with Gasteiger partial charge < -0.3 is 15.2 Å². The lowest BCUT2D eigenvalue weighted by atomic mass is 10.1. The third-order valence-electron chi connectivity index (χ3n) is 6.35. The van der Waals surface area contributed by atoms with Crippen molar-refractivity contribution in [2.75, 3.05) is 11.9 Å². The number of nitrogens with one attached hydrogen (secondary N) is 2. The Morgan fingerprint density at radius 1 is 1.03 bits per heavy atom. The average molecular weight is 485 g/mol. The summed E-state index contributed by atoms with van der Waals surface area (Å²) in [6.45, 7) is 7.74. The summed E-state index contributed by atoms with van der Waals surface area (Å²) in [4.78, 5) is 38.8. The van der Waals surface area contributed by atoms with Crippen LogP contribution < -0.4 is 10.6 Å². The monoisotopic (exact) mass is 484 g/mol. The largest absolute Gasteiger partial charge is 0.329 e. The van der Waals surface area contributed by atoms with Gasteiger partial charge in [0, 0.05) is 22.8 Å². The molecule has 186 valence electrons. The molecule has 2 N–H and O–H groups in total. The average Bonchev–Trinajstić information content (AvgIpc) is 3.27. The van der Waals surface area contributed by atoms with Gasteiger partial charge in [0.2, 0.25) is 5.91 Å². The molecule has 7 heteroatoms. The van der Waals surface area contributed by atoms with Crippen molar-refractivity contribution in [1.82, 2.24) is 14.8 Å². The summed E-state index contributed by atoms with van der Waals surface area (Å²) in [6, 6.07) is 17.2. The van der Waals surface area contributed by atoms with E-state index in [0.717, 1.165) is 39.5 Å². The molecule has 0 saturated carbocycles. The molecule has 36 heavy (non-hydrogen) atoms. The highest BCUT2D eigenvalue weighted by atomic mass is 16.2. The topological polar surface area (TPSA) is 83.4 Å². The van der Waals surface area contributed by atoms with Crippen LogP contribution in [0.4, 0.5) is 10.5 Å². The van der Waals surface area contributed by atoms with Crippen molar-refractivity contribution in [3.63, 3.8) is 0 Å². The number of unbranched alkanes of at least 4 members (excludes halogenated alkanes) is 1. The molecule has 0 atom stereocenters. The standard InChI is InChI=1S/C29H32N4O3/c1-5-6-9-22-11-13-25(14-12-22)33-20(3)16-23(21(33)4)17-26-28(35)32(29(36)31-26)18-27(34)30-24-10-7-8-19(2)15-24/h7-8,10-17H,5-6,9,18H2,1-4H3,(H,30,34)(H,31,36)/b26-17+. The molecular formula is C29H32N4O3. The first kappa shape index (κ1) is 25.0. The molecule has 1 aromatic heterocycles. The SMILES string of the molecule is CCCCc1ccc(-n2c(C)cc(/C=C3/NC(=O)N(CC(=O)Nc4cccc(C)c4)C3=O)c2C)cc1. The third kappa shape index (κ3) is 5.40. The van der Waals surface area contributed by atoms with Crippen LogP contribution >= 0.6 is 0 Å². The minimum atomic E-state index is -0.609. The van der Waals surface area contributed by atoms with Crippen molar-refractivity contribution in [2.45, 2.75) is 47.0 Å². The number of benzene rings is 2. The maximum absolute atomic E-state index is 12.9. The van der Waals surface area contributed by atoms with Gasteiger partial charge in [-0.1, -0.05) is 37.6 Å². The Balaban J connectivity index is 1.49. The summed E-state index contributed by atoms with van der Waals surface area (Å²) < 4.78 is 2.13. The van der Waals surface area contributed by atoms with Crippen LogP contribution in [0.15, 0.2) is 60.3 Å². The van der Waals surface area contributed by atoms with E-state index in [1.54, 1.807) is 12.1 Å². The van der Waals surface area contributed by atoms with Gasteiger partial charge in [0.15, 0.2) is 0 Å². The molecule has 0 unspecified atom stereocenters. The van der Waals surface area contributed by atoms with Crippen LogP contribution in [-0.4, -0.2) is 33.9 Å². The van der Waals surface area contributed by atoms with E-state index in [9.17, 15) is 14.4 Å². The molecule has 0 bridgehead atoms. The number of carbonyl (C=O) groups is 3. The molecule has 2 heterocycles. The Bertz CT molecular complexity index is 1340. The van der Waals surface area contributed by atoms with Gasteiger partial charge in [-0.05, 0) is 86.7 Å². The molecule has 1 aliphatic rings. The fraction of sp³-hybridized carbons (Fsp3) is 0.276. The first-order valence-corrected chi connectivity index (χ1v) is 12.3. The summed E-state index contributed by atoms with van der Waals surface area (Å²) in [5.41, 5.74) is 6.94. The molecule has 4 rings (SSSR count). The zero-order valence-corrected chi connectivity index (χ0v) is 21.2. The summed E-state index contributed by atoms with van der Waals surface area (Å²) in [7, 11) is 0. The van der Waals surface area contributed by atoms with Crippen molar-refractivity contribution in [1.29, 1.82) is 0 Å². The number of carbonyl (C=O) groups excluding carboxylic acids is 3. The molecule has 1 saturated heterocycles. The van der Waals surface area contributed by atoms with E-state index < -0.39 is 17.8 Å². The highest BCUT2D eigenvalue weighted by Gasteiger charge is 2.35. The van der Waals surface area contributed by atoms with Crippen molar-refractivity contribution < 1.29 is 14.4 Å². The Morgan fingerprint density at radius 3 is 2.47 bits per heavy atom. The highest BCUT2D eigenvalue weighted by molar-refractivity contribution is 6.16. The van der Waals surface area contributed by atoms with Gasteiger partial charge in [-0.15, -0.1) is 0 Å². The van der Waals surface area contributed by atoms with Gasteiger partial charge in [-0.3, -0.25) is 9.59 Å². The predicted molar refractivity (Wildman–Crippen MR) is 142 cm³/mol. The van der Waals surface area contributed by atoms with E-state index >= 15 is 0 Å². The molecular weight excluding hydrogens is 452 g/mol. The number of hydrogen-bond donors (Lipinski definition) is 2. The Labute approximate surface area is 211 Å². The molecule has 0 radical (unpaired) electrons. The second-order valence-electron chi connectivity index (χ2n) is 9.23. The third-order valence-corrected chi connectivity index (χ3v) is 6.35. The quantitative estimate of drug-likeness (QED) is 0.337. The Morgan fingerprint density at radius 2 is 1.78 bits per heavy atom. The minimum absolute atomic E-state index is 0.151. The van der Waals surface area contributed by atoms with Crippen LogP contribution in [0.1, 0.15) is 47.8 Å². The van der Waals surface area contributed by atoms with Crippen LogP contribution in [-0.2, 0) is 16.0 Å². The number of urea groups is 1. The smallest absolute Gasteiger partial charge is 0.325 e. The van der Waals surface area contributed by atoms with Gasteiger partial charge in [0.25, 0.3) is 5.91 Å². The van der Waals surface area contributed by atoms with E-state index in [1.807, 2.05) is 45.0 Å². The number of rotatable bonds is 8. The zero-order chi connectivity index (χ0) is 25.8. The van der Waals surface area contributed by atoms with Gasteiger partial charge >= 0.3 is 6.03 Å². The van der Waals surface area contributed by atoms with E-state index in [1.165, 1.54) is 18.4 Å². The number of nitrogens with zero attached hydrogens (tertiary/aromatic N) is 2. The Kier molecular flexibility index (Phi) is 7.38. The number of aromatic nitrogens is 1. The molecule has 4 amide bonds. The van der Waals surface area contributed by atoms with Crippen LogP contribution in [0.25, 0.3) is 11.8 Å². The molecule has 7 nitrogen and oxygen atoms in total. The van der Waals surface area contributed by atoms with Crippen LogP contribution in [0, 0.1) is 20.8 Å². The van der Waals surface area contributed by atoms with Crippen LogP contribution in [0.2, 0.25) is 0 Å². The zero-order valence-electron chi connectivity index (χ0n) is 21.2. The number of anilines is 1. The van der Waals surface area contributed by atoms with E-state index in [0.29, 0.717) is 5.69 Å². The molecule has 0 aliphatic carbocycles. The van der Waals surface area contributed by atoms with Gasteiger partial charge in [-0.2, -0.15) is 0 Å². The summed E-state index contributed by atoms with van der Waals surface area (Å²) >= 11 is 0. The number of aryl methyl sites for hydroxylation is 3. The molecule has 2 aromatic carbocycles. The second-order valence-corrected chi connectivity index (χ2v) is 9.23. The molecule has 3 aromatic rings. The van der Waals surface area contributed by atoms with Crippen molar-refractivity contribution in [3.05, 3.63) is 88.4 Å². The number of hydrogen-bond acceptors (Lipinski definition) is 3.